The van der Waals surface area contributed by atoms with E-state index in [1.807, 2.05) is 12.1 Å². The van der Waals surface area contributed by atoms with Gasteiger partial charge in [-0.2, -0.15) is 4.68 Å². The first-order valence-electron chi connectivity index (χ1n) is 7.29. The lowest BCUT2D eigenvalue weighted by atomic mass is 9.94. The maximum Gasteiger partial charge on any atom is 0.338 e. The number of tetrazole rings is 1. The number of halogens is 1. The van der Waals surface area contributed by atoms with Gasteiger partial charge < -0.3 is 19.5 Å². The van der Waals surface area contributed by atoms with Gasteiger partial charge in [-0.05, 0) is 28.6 Å². The Bertz CT molecular complexity index is 835. The molecule has 0 radical (unpaired) electrons. The van der Waals surface area contributed by atoms with Crippen molar-refractivity contribution in [1.82, 2.24) is 20.2 Å². The predicted molar refractivity (Wildman–Crippen MR) is 91.2 cm³/mol. The van der Waals surface area contributed by atoms with Crippen LogP contribution in [-0.4, -0.2) is 54.1 Å². The van der Waals surface area contributed by atoms with Crippen molar-refractivity contribution in [3.05, 3.63) is 39.5 Å². The lowest BCUT2D eigenvalue weighted by molar-refractivity contribution is -0.136. The summed E-state index contributed by atoms with van der Waals surface area (Å²) in [6, 6.07) is 4.88. The van der Waals surface area contributed by atoms with Crippen LogP contribution in [0.4, 0.5) is 5.95 Å². The van der Waals surface area contributed by atoms with Gasteiger partial charge in [0.15, 0.2) is 0 Å². The van der Waals surface area contributed by atoms with Crippen LogP contribution in [-0.2, 0) is 14.3 Å². The molecule has 3 rings (SSSR count). The summed E-state index contributed by atoms with van der Waals surface area (Å²) in [7, 11) is 4.42. The highest BCUT2D eigenvalue weighted by atomic mass is 79.9. The van der Waals surface area contributed by atoms with E-state index in [0.717, 1.165) is 4.47 Å². The van der Waals surface area contributed by atoms with E-state index < -0.39 is 12.0 Å². The third-order valence-corrected chi connectivity index (χ3v) is 4.27. The summed E-state index contributed by atoms with van der Waals surface area (Å²) >= 11 is 3.45. The molecule has 0 aliphatic carbocycles. The molecule has 1 N–H and O–H groups in total. The van der Waals surface area contributed by atoms with E-state index in [1.165, 1.54) is 18.9 Å². The largest absolute Gasteiger partial charge is 0.496 e. The molecule has 1 aromatic heterocycles. The quantitative estimate of drug-likeness (QED) is 0.741. The van der Waals surface area contributed by atoms with Crippen molar-refractivity contribution in [1.29, 1.82) is 0 Å². The molecular weight excluding hydrogens is 394 g/mol. The van der Waals surface area contributed by atoms with Crippen molar-refractivity contribution < 1.29 is 19.0 Å². The highest BCUT2D eigenvalue weighted by Crippen LogP contribution is 2.40. The summed E-state index contributed by atoms with van der Waals surface area (Å²) in [5, 5.41) is 14.7. The molecule has 1 aliphatic heterocycles. The number of ether oxygens (including phenoxy) is 3. The number of nitrogens with zero attached hydrogens (tertiary/aromatic N) is 4. The SMILES string of the molecule is COCC1=C(C(=O)OC)[C@H](c2cc(Br)ccc2OC)n2nnnc2N1. The number of carbonyl (C=O) groups excluding carboxylic acids is 1. The molecule has 0 saturated heterocycles. The van der Waals surface area contributed by atoms with Crippen LogP contribution in [0.2, 0.25) is 0 Å². The third kappa shape index (κ3) is 3.10. The summed E-state index contributed by atoms with van der Waals surface area (Å²) in [6.07, 6.45) is 0. The molecule has 0 spiro atoms. The molecule has 0 amide bonds. The molecule has 1 aromatic carbocycles. The summed E-state index contributed by atoms with van der Waals surface area (Å²) in [4.78, 5) is 12.5. The fourth-order valence-electron chi connectivity index (χ4n) is 2.75. The first-order valence-corrected chi connectivity index (χ1v) is 8.08. The smallest absolute Gasteiger partial charge is 0.338 e. The number of aromatic nitrogens is 4. The summed E-state index contributed by atoms with van der Waals surface area (Å²) in [5.74, 6) is 0.481. The number of anilines is 1. The van der Waals surface area contributed by atoms with Crippen LogP contribution in [0.15, 0.2) is 33.9 Å². The topological polar surface area (TPSA) is 100 Å². The van der Waals surface area contributed by atoms with Crippen molar-refractivity contribution >= 4 is 27.8 Å². The average Bonchev–Trinajstić information content (AvgIpc) is 3.08. The minimum Gasteiger partial charge on any atom is -0.496 e. The second kappa shape index (κ2) is 7.19. The number of methoxy groups -OCH3 is 3. The van der Waals surface area contributed by atoms with E-state index in [4.69, 9.17) is 14.2 Å². The van der Waals surface area contributed by atoms with Crippen LogP contribution < -0.4 is 10.1 Å². The van der Waals surface area contributed by atoms with E-state index in [-0.39, 0.29) is 6.61 Å². The zero-order chi connectivity index (χ0) is 18.0. The summed E-state index contributed by atoms with van der Waals surface area (Å²) < 4.78 is 18.0. The van der Waals surface area contributed by atoms with Gasteiger partial charge in [-0.1, -0.05) is 21.0 Å². The molecule has 0 bridgehead atoms. The van der Waals surface area contributed by atoms with Crippen molar-refractivity contribution in [2.45, 2.75) is 6.04 Å². The van der Waals surface area contributed by atoms with Crippen LogP contribution in [0.25, 0.3) is 0 Å². The number of fused-ring (bicyclic) bond motifs is 1. The third-order valence-electron chi connectivity index (χ3n) is 3.78. The Kier molecular flexibility index (Phi) is 5.00. The van der Waals surface area contributed by atoms with Crippen molar-refractivity contribution in [3.63, 3.8) is 0 Å². The fraction of sp³-hybridized carbons (Fsp3) is 0.333. The molecule has 1 aliphatic rings. The van der Waals surface area contributed by atoms with E-state index in [2.05, 4.69) is 36.8 Å². The van der Waals surface area contributed by atoms with Crippen molar-refractivity contribution in [2.75, 3.05) is 33.3 Å². The molecule has 1 atom stereocenters. The minimum absolute atomic E-state index is 0.171. The van der Waals surface area contributed by atoms with Gasteiger partial charge in [-0.3, -0.25) is 0 Å². The molecule has 0 fully saturated rings. The zero-order valence-corrected chi connectivity index (χ0v) is 15.4. The lowest BCUT2D eigenvalue weighted by Gasteiger charge is -2.29. The van der Waals surface area contributed by atoms with Crippen LogP contribution >= 0.6 is 15.9 Å². The first kappa shape index (κ1) is 17.4. The Labute approximate surface area is 152 Å². The van der Waals surface area contributed by atoms with Gasteiger partial charge in [-0.25, -0.2) is 4.79 Å². The van der Waals surface area contributed by atoms with E-state index in [9.17, 15) is 4.79 Å². The number of carbonyl (C=O) groups is 1. The lowest BCUT2D eigenvalue weighted by Crippen LogP contribution is -2.31. The van der Waals surface area contributed by atoms with Gasteiger partial charge >= 0.3 is 5.97 Å². The monoisotopic (exact) mass is 409 g/mol. The zero-order valence-electron chi connectivity index (χ0n) is 13.8. The maximum atomic E-state index is 12.5. The number of hydrogen-bond acceptors (Lipinski definition) is 8. The molecule has 0 unspecified atom stereocenters. The Morgan fingerprint density at radius 1 is 1.36 bits per heavy atom. The molecule has 2 heterocycles. The predicted octanol–water partition coefficient (Wildman–Crippen LogP) is 1.53. The van der Waals surface area contributed by atoms with Gasteiger partial charge in [0.2, 0.25) is 5.95 Å². The highest BCUT2D eigenvalue weighted by molar-refractivity contribution is 9.10. The Balaban J connectivity index is 2.26. The van der Waals surface area contributed by atoms with Gasteiger partial charge in [0.1, 0.15) is 11.8 Å². The standard InChI is InChI=1S/C15H16BrN5O4/c1-23-7-10-12(14(22)25-3)13(21-15(17-10)18-19-20-21)9-6-8(16)4-5-11(9)24-2/h4-6,13H,7H2,1-3H3,(H,17,18,20)/t13-/m0/s1. The molecule has 0 saturated carbocycles. The number of benzene rings is 1. The summed E-state index contributed by atoms with van der Waals surface area (Å²) in [6.45, 7) is 0.171. The maximum absolute atomic E-state index is 12.5. The molecule has 132 valence electrons. The summed E-state index contributed by atoms with van der Waals surface area (Å²) in [5.41, 5.74) is 1.59. The Morgan fingerprint density at radius 3 is 2.84 bits per heavy atom. The van der Waals surface area contributed by atoms with Crippen LogP contribution in [0.3, 0.4) is 0 Å². The molecule has 25 heavy (non-hydrogen) atoms. The van der Waals surface area contributed by atoms with Crippen LogP contribution in [0, 0.1) is 0 Å². The van der Waals surface area contributed by atoms with Crippen molar-refractivity contribution in [3.8, 4) is 5.75 Å². The molecule has 2 aromatic rings. The Hall–Kier alpha value is -2.46. The molecular formula is C15H16BrN5O4. The van der Waals surface area contributed by atoms with Gasteiger partial charge in [0.05, 0.1) is 32.1 Å². The van der Waals surface area contributed by atoms with Crippen LogP contribution in [0.5, 0.6) is 5.75 Å². The number of rotatable bonds is 5. The number of esters is 1. The first-order chi connectivity index (χ1) is 12.1. The van der Waals surface area contributed by atoms with E-state index in [1.54, 1.807) is 13.2 Å². The van der Waals surface area contributed by atoms with E-state index in [0.29, 0.717) is 28.5 Å². The van der Waals surface area contributed by atoms with Gasteiger partial charge in [0.25, 0.3) is 0 Å². The second-order valence-electron chi connectivity index (χ2n) is 5.18. The second-order valence-corrected chi connectivity index (χ2v) is 6.09. The van der Waals surface area contributed by atoms with Gasteiger partial charge in [0, 0.05) is 17.1 Å². The van der Waals surface area contributed by atoms with Crippen LogP contribution in [0.1, 0.15) is 11.6 Å². The fourth-order valence-corrected chi connectivity index (χ4v) is 3.13. The van der Waals surface area contributed by atoms with E-state index >= 15 is 0 Å². The molecule has 10 heteroatoms. The van der Waals surface area contributed by atoms with Crippen molar-refractivity contribution in [2.24, 2.45) is 0 Å². The Morgan fingerprint density at radius 2 is 2.16 bits per heavy atom. The number of hydrogen-bond donors (Lipinski definition) is 1. The minimum atomic E-state index is -0.628. The average molecular weight is 410 g/mol. The molecule has 9 nitrogen and oxygen atoms in total. The highest BCUT2D eigenvalue weighted by Gasteiger charge is 2.37. The normalized spacial score (nSPS) is 16.2. The van der Waals surface area contributed by atoms with Gasteiger partial charge in [-0.15, -0.1) is 0 Å². The number of nitrogens with one attached hydrogen (secondary N) is 1.